The minimum atomic E-state index is -0.717. The summed E-state index contributed by atoms with van der Waals surface area (Å²) in [5.74, 6) is -0.293. The van der Waals surface area contributed by atoms with Crippen molar-refractivity contribution in [3.8, 4) is 0 Å². The van der Waals surface area contributed by atoms with E-state index in [-0.39, 0.29) is 26.7 Å². The van der Waals surface area contributed by atoms with Gasteiger partial charge < -0.3 is 10.0 Å². The smallest absolute Gasteiger partial charge is 0.274 e. The van der Waals surface area contributed by atoms with E-state index >= 15 is 0 Å². The average Bonchev–Trinajstić information content (AvgIpc) is 2.35. The van der Waals surface area contributed by atoms with Gasteiger partial charge >= 0.3 is 0 Å². The molecule has 1 aliphatic heterocycles. The van der Waals surface area contributed by atoms with E-state index < -0.39 is 5.60 Å². The molecule has 0 aromatic carbocycles. The third-order valence-corrected chi connectivity index (χ3v) is 4.49. The van der Waals surface area contributed by atoms with Gasteiger partial charge in [0.2, 0.25) is 0 Å². The van der Waals surface area contributed by atoms with Crippen LogP contribution < -0.4 is 0 Å². The lowest BCUT2D eigenvalue weighted by molar-refractivity contribution is -0.00218. The summed E-state index contributed by atoms with van der Waals surface area (Å²) in [6, 6.07) is 0. The number of pyridine rings is 1. The Labute approximate surface area is 126 Å². The van der Waals surface area contributed by atoms with Gasteiger partial charge in [0, 0.05) is 19.3 Å². The van der Waals surface area contributed by atoms with E-state index in [2.05, 4.69) is 4.98 Å². The van der Waals surface area contributed by atoms with Crippen LogP contribution in [0.1, 0.15) is 30.3 Å². The van der Waals surface area contributed by atoms with Gasteiger partial charge in [0.05, 0.1) is 20.7 Å². The highest BCUT2D eigenvalue weighted by atomic mass is 35.5. The molecule has 0 spiro atoms. The molecular formula is C12H13Cl3N2O2. The zero-order valence-corrected chi connectivity index (χ0v) is 12.6. The minimum absolute atomic E-state index is 0.0662. The van der Waals surface area contributed by atoms with Crippen molar-refractivity contribution in [1.29, 1.82) is 0 Å². The van der Waals surface area contributed by atoms with Crippen LogP contribution in [0.15, 0.2) is 6.20 Å². The van der Waals surface area contributed by atoms with Crippen molar-refractivity contribution in [2.45, 2.75) is 25.4 Å². The molecule has 19 heavy (non-hydrogen) atoms. The number of aromatic nitrogens is 1. The summed E-state index contributed by atoms with van der Waals surface area (Å²) < 4.78 is 0. The zero-order valence-electron chi connectivity index (χ0n) is 10.3. The van der Waals surface area contributed by atoms with Crippen molar-refractivity contribution in [1.82, 2.24) is 9.88 Å². The molecular weight excluding hydrogens is 311 g/mol. The molecule has 0 unspecified atom stereocenters. The highest BCUT2D eigenvalue weighted by molar-refractivity contribution is 6.48. The highest BCUT2D eigenvalue weighted by Gasteiger charge is 2.31. The summed E-state index contributed by atoms with van der Waals surface area (Å²) >= 11 is 17.7. The summed E-state index contributed by atoms with van der Waals surface area (Å²) in [6.07, 6.45) is 2.36. The molecule has 1 N–H and O–H groups in total. The number of likely N-dealkylation sites (tertiary alicyclic amines) is 1. The molecule has 0 radical (unpaired) electrons. The second-order valence-corrected chi connectivity index (χ2v) is 6.03. The minimum Gasteiger partial charge on any atom is -0.390 e. The van der Waals surface area contributed by atoms with E-state index in [1.807, 2.05) is 0 Å². The molecule has 0 bridgehead atoms. The summed E-state index contributed by atoms with van der Waals surface area (Å²) in [4.78, 5) is 17.8. The molecule has 1 aromatic rings. The molecule has 1 saturated heterocycles. The number of carbonyl (C=O) groups excluding carboxylic acids is 1. The van der Waals surface area contributed by atoms with E-state index in [9.17, 15) is 9.90 Å². The van der Waals surface area contributed by atoms with Crippen LogP contribution in [0.2, 0.25) is 15.1 Å². The monoisotopic (exact) mass is 322 g/mol. The summed E-state index contributed by atoms with van der Waals surface area (Å²) in [7, 11) is 0. The van der Waals surface area contributed by atoms with Crippen LogP contribution in [0, 0.1) is 0 Å². The van der Waals surface area contributed by atoms with E-state index in [0.717, 1.165) is 0 Å². The SMILES string of the molecule is CC1(O)CCN(C(=O)c2ncc(Cl)c(Cl)c2Cl)CC1. The van der Waals surface area contributed by atoms with Crippen LogP contribution >= 0.6 is 34.8 Å². The molecule has 1 fully saturated rings. The van der Waals surface area contributed by atoms with Crippen LogP contribution in [0.25, 0.3) is 0 Å². The first-order valence-electron chi connectivity index (χ1n) is 5.83. The van der Waals surface area contributed by atoms with Crippen molar-refractivity contribution >= 4 is 40.7 Å². The number of halogens is 3. The third kappa shape index (κ3) is 3.14. The maximum absolute atomic E-state index is 12.3. The molecule has 7 heteroatoms. The van der Waals surface area contributed by atoms with Gasteiger partial charge in [0.15, 0.2) is 0 Å². The fourth-order valence-corrected chi connectivity index (χ4v) is 2.50. The molecule has 4 nitrogen and oxygen atoms in total. The lowest BCUT2D eigenvalue weighted by Crippen LogP contribution is -2.45. The molecule has 1 aliphatic rings. The highest BCUT2D eigenvalue weighted by Crippen LogP contribution is 2.32. The first kappa shape index (κ1) is 14.9. The van der Waals surface area contributed by atoms with E-state index in [4.69, 9.17) is 34.8 Å². The maximum atomic E-state index is 12.3. The van der Waals surface area contributed by atoms with Crippen molar-refractivity contribution < 1.29 is 9.90 Å². The van der Waals surface area contributed by atoms with Gasteiger partial charge in [-0.1, -0.05) is 34.8 Å². The largest absolute Gasteiger partial charge is 0.390 e. The number of carbonyl (C=O) groups is 1. The summed E-state index contributed by atoms with van der Waals surface area (Å²) in [5, 5.41) is 10.3. The van der Waals surface area contributed by atoms with Crippen LogP contribution in [-0.2, 0) is 0 Å². The molecule has 0 atom stereocenters. The van der Waals surface area contributed by atoms with E-state index in [0.29, 0.717) is 25.9 Å². The second-order valence-electron chi connectivity index (χ2n) is 4.87. The Morgan fingerprint density at radius 1 is 1.32 bits per heavy atom. The first-order chi connectivity index (χ1) is 8.82. The van der Waals surface area contributed by atoms with Crippen molar-refractivity contribution in [2.24, 2.45) is 0 Å². The first-order valence-corrected chi connectivity index (χ1v) is 6.96. The Kier molecular flexibility index (Phi) is 4.26. The van der Waals surface area contributed by atoms with Gasteiger partial charge in [-0.05, 0) is 19.8 Å². The number of amides is 1. The third-order valence-electron chi connectivity index (χ3n) is 3.25. The zero-order chi connectivity index (χ0) is 14.2. The quantitative estimate of drug-likeness (QED) is 0.864. The van der Waals surface area contributed by atoms with Gasteiger partial charge in [-0.2, -0.15) is 0 Å². The van der Waals surface area contributed by atoms with Crippen LogP contribution in [0.4, 0.5) is 0 Å². The number of piperidine rings is 1. The standard InChI is InChI=1S/C12H13Cl3N2O2/c1-12(19)2-4-17(5-3-12)11(18)10-9(15)8(14)7(13)6-16-10/h6,19H,2-5H2,1H3. The lowest BCUT2D eigenvalue weighted by atomic mass is 9.94. The molecule has 1 aromatic heterocycles. The number of hydrogen-bond acceptors (Lipinski definition) is 3. The molecule has 104 valence electrons. The maximum Gasteiger partial charge on any atom is 0.274 e. The number of nitrogens with zero attached hydrogens (tertiary/aromatic N) is 2. The fraction of sp³-hybridized carbons (Fsp3) is 0.500. The van der Waals surface area contributed by atoms with Gasteiger partial charge in [-0.25, -0.2) is 4.98 Å². The Morgan fingerprint density at radius 3 is 2.47 bits per heavy atom. The predicted molar refractivity (Wildman–Crippen MR) is 75.0 cm³/mol. The summed E-state index contributed by atoms with van der Waals surface area (Å²) in [6.45, 7) is 2.69. The normalized spacial score (nSPS) is 18.5. The van der Waals surface area contributed by atoms with E-state index in [1.54, 1.807) is 11.8 Å². The van der Waals surface area contributed by atoms with Crippen LogP contribution in [-0.4, -0.2) is 39.6 Å². The predicted octanol–water partition coefficient (Wildman–Crippen LogP) is 3.03. The Balaban J connectivity index is 2.20. The van der Waals surface area contributed by atoms with Crippen LogP contribution in [0.3, 0.4) is 0 Å². The molecule has 2 rings (SSSR count). The van der Waals surface area contributed by atoms with Gasteiger partial charge in [-0.3, -0.25) is 4.79 Å². The molecule has 0 saturated carbocycles. The molecule has 2 heterocycles. The number of aliphatic hydroxyl groups is 1. The van der Waals surface area contributed by atoms with E-state index in [1.165, 1.54) is 6.20 Å². The van der Waals surface area contributed by atoms with Gasteiger partial charge in [-0.15, -0.1) is 0 Å². The Morgan fingerprint density at radius 2 is 1.89 bits per heavy atom. The van der Waals surface area contributed by atoms with Gasteiger partial charge in [0.1, 0.15) is 5.69 Å². The fourth-order valence-electron chi connectivity index (χ4n) is 1.93. The topological polar surface area (TPSA) is 53.4 Å². The molecule has 0 aliphatic carbocycles. The summed E-state index contributed by atoms with van der Waals surface area (Å²) in [5.41, 5.74) is -0.622. The lowest BCUT2D eigenvalue weighted by Gasteiger charge is -2.35. The number of rotatable bonds is 1. The number of hydrogen-bond donors (Lipinski definition) is 1. The van der Waals surface area contributed by atoms with Crippen molar-refractivity contribution in [2.75, 3.05) is 13.1 Å². The Hall–Kier alpha value is -0.550. The van der Waals surface area contributed by atoms with Crippen molar-refractivity contribution in [3.05, 3.63) is 27.0 Å². The average molecular weight is 324 g/mol. The second kappa shape index (κ2) is 5.44. The molecule has 1 amide bonds. The van der Waals surface area contributed by atoms with Gasteiger partial charge in [0.25, 0.3) is 5.91 Å². The van der Waals surface area contributed by atoms with Crippen molar-refractivity contribution in [3.63, 3.8) is 0 Å². The Bertz CT molecular complexity index is 510. The van der Waals surface area contributed by atoms with Crippen LogP contribution in [0.5, 0.6) is 0 Å².